The third-order valence-corrected chi connectivity index (χ3v) is 7.74. The van der Waals surface area contributed by atoms with Crippen LogP contribution in [0.1, 0.15) is 19.4 Å². The molecule has 4 nitrogen and oxygen atoms in total. The van der Waals surface area contributed by atoms with Crippen molar-refractivity contribution in [1.29, 1.82) is 0 Å². The van der Waals surface area contributed by atoms with E-state index >= 15 is 0 Å². The molecule has 0 fully saturated rings. The van der Waals surface area contributed by atoms with Crippen molar-refractivity contribution in [3.8, 4) is 33.8 Å². The van der Waals surface area contributed by atoms with Gasteiger partial charge >= 0.3 is 20.1 Å². The summed E-state index contributed by atoms with van der Waals surface area (Å²) in [7, 11) is 0. The number of hydrogen-bond donors (Lipinski definition) is 0. The normalized spacial score (nSPS) is 10.4. The molecule has 8 aromatic rings. The minimum absolute atomic E-state index is 0. The van der Waals surface area contributed by atoms with Gasteiger partial charge in [-0.1, -0.05) is 73.3 Å². The standard InChI is InChI=1S/C22H21N2.2C11H8N.Ir/c1-15(2)14-24-21-7-5-4-6-18(21)19-9-8-17(13-22(19)24)20-12-16(3)10-11-23-20;2*1-2-6-10(7-3-1)11-8-4-5-9-12-11;/h4-7,9-13,15H,14H2,1-3H3;2*1-6,8-9H;/q3*-1;+3. The average molecular weight is 814 g/mol. The van der Waals surface area contributed by atoms with E-state index in [-0.39, 0.29) is 20.1 Å². The number of hydrogen-bond acceptors (Lipinski definition) is 3. The van der Waals surface area contributed by atoms with Crippen LogP contribution in [0.5, 0.6) is 0 Å². The fraction of sp³-hybridized carbons (Fsp3) is 0.114. The third-order valence-electron chi connectivity index (χ3n) is 7.74. The average Bonchev–Trinajstić information content (AvgIpc) is 3.45. The molecule has 0 aliphatic carbocycles. The van der Waals surface area contributed by atoms with E-state index in [0.717, 1.165) is 40.3 Å². The summed E-state index contributed by atoms with van der Waals surface area (Å²) in [5.41, 5.74) is 9.84. The van der Waals surface area contributed by atoms with Gasteiger partial charge in [-0.3, -0.25) is 0 Å². The van der Waals surface area contributed by atoms with E-state index in [0.29, 0.717) is 5.92 Å². The Morgan fingerprint density at radius 2 is 1.14 bits per heavy atom. The van der Waals surface area contributed by atoms with Crippen molar-refractivity contribution >= 4 is 21.8 Å². The minimum Gasteiger partial charge on any atom is -0.358 e. The number of aryl methyl sites for hydroxylation is 1. The summed E-state index contributed by atoms with van der Waals surface area (Å²) >= 11 is 0. The second-order valence-electron chi connectivity index (χ2n) is 11.9. The Balaban J connectivity index is 0.000000157. The van der Waals surface area contributed by atoms with Gasteiger partial charge in [-0.05, 0) is 65.1 Å². The van der Waals surface area contributed by atoms with E-state index in [1.54, 1.807) is 12.4 Å². The van der Waals surface area contributed by atoms with Gasteiger partial charge in [0.1, 0.15) is 0 Å². The van der Waals surface area contributed by atoms with Crippen molar-refractivity contribution in [3.63, 3.8) is 0 Å². The molecule has 0 spiro atoms. The fourth-order valence-corrected chi connectivity index (χ4v) is 5.53. The molecule has 0 unspecified atom stereocenters. The van der Waals surface area contributed by atoms with Crippen LogP contribution in [-0.2, 0) is 26.7 Å². The molecule has 242 valence electrons. The molecule has 0 N–H and O–H groups in total. The van der Waals surface area contributed by atoms with Crippen LogP contribution < -0.4 is 0 Å². The molecular weight excluding hydrogens is 777 g/mol. The topological polar surface area (TPSA) is 43.6 Å². The summed E-state index contributed by atoms with van der Waals surface area (Å²) in [6, 6.07) is 54.2. The van der Waals surface area contributed by atoms with E-state index < -0.39 is 0 Å². The Morgan fingerprint density at radius 3 is 1.69 bits per heavy atom. The molecule has 0 saturated heterocycles. The predicted octanol–water partition coefficient (Wildman–Crippen LogP) is 10.7. The maximum Gasteiger partial charge on any atom is 3.00 e. The van der Waals surface area contributed by atoms with Crippen molar-refractivity contribution in [1.82, 2.24) is 19.5 Å². The molecular formula is C44H37IrN4. The van der Waals surface area contributed by atoms with Crippen LogP contribution in [0.15, 0.2) is 152 Å². The summed E-state index contributed by atoms with van der Waals surface area (Å²) in [5, 5.41) is 2.57. The second-order valence-corrected chi connectivity index (χ2v) is 11.9. The number of fused-ring (bicyclic) bond motifs is 3. The molecule has 0 saturated carbocycles. The molecule has 4 aromatic carbocycles. The molecule has 0 bridgehead atoms. The largest absolute Gasteiger partial charge is 3.00 e. The van der Waals surface area contributed by atoms with Crippen LogP contribution in [0.3, 0.4) is 0 Å². The molecule has 0 amide bonds. The van der Waals surface area contributed by atoms with Gasteiger partial charge < -0.3 is 19.5 Å². The van der Waals surface area contributed by atoms with Gasteiger partial charge in [0.2, 0.25) is 0 Å². The first-order chi connectivity index (χ1) is 23.6. The zero-order chi connectivity index (χ0) is 33.1. The Morgan fingerprint density at radius 1 is 0.551 bits per heavy atom. The van der Waals surface area contributed by atoms with Crippen LogP contribution in [0.25, 0.3) is 55.6 Å². The number of para-hydroxylation sites is 1. The summed E-state index contributed by atoms with van der Waals surface area (Å²) < 4.78 is 2.43. The molecule has 0 radical (unpaired) electrons. The van der Waals surface area contributed by atoms with Gasteiger partial charge in [0.25, 0.3) is 0 Å². The third kappa shape index (κ3) is 9.03. The van der Waals surface area contributed by atoms with Crippen LogP contribution >= 0.6 is 0 Å². The van der Waals surface area contributed by atoms with E-state index in [1.807, 2.05) is 97.2 Å². The summed E-state index contributed by atoms with van der Waals surface area (Å²) in [5.74, 6) is 0.591. The van der Waals surface area contributed by atoms with Gasteiger partial charge in [0.15, 0.2) is 0 Å². The van der Waals surface area contributed by atoms with Gasteiger partial charge in [0.05, 0.1) is 0 Å². The van der Waals surface area contributed by atoms with Crippen molar-refractivity contribution in [2.45, 2.75) is 27.3 Å². The van der Waals surface area contributed by atoms with E-state index in [9.17, 15) is 0 Å². The van der Waals surface area contributed by atoms with Crippen LogP contribution in [0.2, 0.25) is 0 Å². The van der Waals surface area contributed by atoms with Gasteiger partial charge in [-0.25, -0.2) is 0 Å². The number of aromatic nitrogens is 4. The first kappa shape index (κ1) is 35.1. The van der Waals surface area contributed by atoms with Gasteiger partial charge in [-0.15, -0.1) is 95.6 Å². The van der Waals surface area contributed by atoms with Crippen molar-refractivity contribution < 1.29 is 20.1 Å². The zero-order valence-electron chi connectivity index (χ0n) is 27.8. The molecule has 5 heteroatoms. The van der Waals surface area contributed by atoms with Gasteiger partial charge in [-0.2, -0.15) is 0 Å². The predicted molar refractivity (Wildman–Crippen MR) is 198 cm³/mol. The minimum atomic E-state index is 0. The molecule has 0 aliphatic rings. The number of benzene rings is 4. The first-order valence-electron chi connectivity index (χ1n) is 16.2. The van der Waals surface area contributed by atoms with Crippen LogP contribution in [0.4, 0.5) is 0 Å². The Hall–Kier alpha value is -5.22. The first-order valence-corrected chi connectivity index (χ1v) is 16.2. The van der Waals surface area contributed by atoms with E-state index in [1.165, 1.54) is 27.4 Å². The monoisotopic (exact) mass is 814 g/mol. The Labute approximate surface area is 302 Å². The van der Waals surface area contributed by atoms with Crippen molar-refractivity contribution in [2.75, 3.05) is 0 Å². The summed E-state index contributed by atoms with van der Waals surface area (Å²) in [6.07, 6.45) is 5.44. The second kappa shape index (κ2) is 17.3. The molecule has 4 aromatic heterocycles. The fourth-order valence-electron chi connectivity index (χ4n) is 5.53. The summed E-state index contributed by atoms with van der Waals surface area (Å²) in [4.78, 5) is 13.0. The molecule has 49 heavy (non-hydrogen) atoms. The van der Waals surface area contributed by atoms with Gasteiger partial charge in [0, 0.05) is 30.7 Å². The zero-order valence-corrected chi connectivity index (χ0v) is 30.2. The van der Waals surface area contributed by atoms with E-state index in [2.05, 4.69) is 101 Å². The maximum absolute atomic E-state index is 4.52. The smallest absolute Gasteiger partial charge is 0.358 e. The molecule has 8 rings (SSSR count). The number of pyridine rings is 3. The van der Waals surface area contributed by atoms with Crippen LogP contribution in [-0.4, -0.2) is 19.5 Å². The van der Waals surface area contributed by atoms with Crippen LogP contribution in [0, 0.1) is 31.0 Å². The van der Waals surface area contributed by atoms with Crippen molar-refractivity contribution in [2.24, 2.45) is 5.92 Å². The Kier molecular flexibility index (Phi) is 12.4. The van der Waals surface area contributed by atoms with E-state index in [4.69, 9.17) is 0 Å². The molecule has 4 heterocycles. The maximum atomic E-state index is 4.52. The quantitative estimate of drug-likeness (QED) is 0.163. The van der Waals surface area contributed by atoms with Crippen molar-refractivity contribution in [3.05, 3.63) is 176 Å². The number of nitrogens with zero attached hydrogens (tertiary/aromatic N) is 4. The molecule has 0 atom stereocenters. The number of rotatable bonds is 5. The summed E-state index contributed by atoms with van der Waals surface area (Å²) in [6.45, 7) is 7.63. The SMILES string of the molecule is Cc1ccnc(-c2[c-]cc3c4ccccc4n(CC(C)C)c3c2)c1.[Ir+3].[c-]1ccccc1-c1ccccn1.[c-]1ccccc1-c1ccccn1. The Bertz CT molecular complexity index is 2030. The molecule has 0 aliphatic heterocycles.